The Kier molecular flexibility index (Phi) is 4.41. The van der Waals surface area contributed by atoms with E-state index in [9.17, 15) is 18.0 Å². The quantitative estimate of drug-likeness (QED) is 0.808. The number of alkyl halides is 3. The Labute approximate surface area is 153 Å². The van der Waals surface area contributed by atoms with Gasteiger partial charge in [-0.25, -0.2) is 4.68 Å². The van der Waals surface area contributed by atoms with Crippen LogP contribution in [-0.2, 0) is 6.18 Å². The molecule has 1 atom stereocenters. The van der Waals surface area contributed by atoms with Crippen molar-refractivity contribution >= 4 is 5.91 Å². The summed E-state index contributed by atoms with van der Waals surface area (Å²) in [6.07, 6.45) is -0.579. The Bertz CT molecular complexity index is 855. The maximum absolute atomic E-state index is 13.0. The van der Waals surface area contributed by atoms with Gasteiger partial charge in [-0.1, -0.05) is 11.3 Å². The number of carbonyl (C=O) groups excluding carboxylic acids is 1. The van der Waals surface area contributed by atoms with Gasteiger partial charge in [0, 0.05) is 18.5 Å². The second-order valence-electron chi connectivity index (χ2n) is 7.27. The highest BCUT2D eigenvalue weighted by atomic mass is 19.4. The molecule has 0 aliphatic heterocycles. The molecule has 6 nitrogen and oxygen atoms in total. The first kappa shape index (κ1) is 18.0. The maximum Gasteiger partial charge on any atom is 0.416 e. The average molecular weight is 379 g/mol. The fraction of sp³-hybridized carbons (Fsp3) is 0.500. The van der Waals surface area contributed by atoms with Crippen molar-refractivity contribution < 1.29 is 18.0 Å². The van der Waals surface area contributed by atoms with Crippen molar-refractivity contribution in [3.8, 4) is 5.69 Å². The minimum absolute atomic E-state index is 0.0763. The Morgan fingerprint density at radius 2 is 2.04 bits per heavy atom. The summed E-state index contributed by atoms with van der Waals surface area (Å²) in [4.78, 5) is 12.6. The highest BCUT2D eigenvalue weighted by Gasteiger charge is 2.36. The van der Waals surface area contributed by atoms with Crippen LogP contribution in [0.1, 0.15) is 53.3 Å². The number of rotatable bonds is 6. The number of hydrogen-bond donors (Lipinski definition) is 2. The van der Waals surface area contributed by atoms with Gasteiger partial charge in [-0.05, 0) is 49.8 Å². The van der Waals surface area contributed by atoms with E-state index >= 15 is 0 Å². The van der Waals surface area contributed by atoms with Crippen LogP contribution in [0.5, 0.6) is 0 Å². The lowest BCUT2D eigenvalue weighted by Gasteiger charge is -2.12. The number of nitrogens with zero attached hydrogens (tertiary/aromatic N) is 3. The normalized spacial score (nSPS) is 18.4. The van der Waals surface area contributed by atoms with Crippen molar-refractivity contribution in [3.63, 3.8) is 0 Å². The van der Waals surface area contributed by atoms with Crippen LogP contribution in [0.2, 0.25) is 0 Å². The van der Waals surface area contributed by atoms with Gasteiger partial charge >= 0.3 is 6.18 Å². The average Bonchev–Trinajstić information content (AvgIpc) is 3.56. The van der Waals surface area contributed by atoms with Crippen molar-refractivity contribution in [2.45, 2.75) is 43.8 Å². The summed E-state index contributed by atoms with van der Waals surface area (Å²) < 4.78 is 40.4. The molecule has 0 radical (unpaired) electrons. The number of carbonyl (C=O) groups is 1. The summed E-state index contributed by atoms with van der Waals surface area (Å²) in [6.45, 7) is 0.351. The molecule has 0 bridgehead atoms. The van der Waals surface area contributed by atoms with E-state index in [0.29, 0.717) is 18.2 Å². The molecule has 2 fully saturated rings. The minimum atomic E-state index is -4.45. The van der Waals surface area contributed by atoms with Gasteiger partial charge in [0.1, 0.15) is 0 Å². The fourth-order valence-corrected chi connectivity index (χ4v) is 3.16. The molecule has 1 heterocycles. The number of benzene rings is 1. The molecule has 4 rings (SSSR count). The SMILES string of the molecule is NC(CNC(=O)c1nnn(-c2cccc(C(F)(F)F)c2)c1C1CC1)C1CC1. The first-order valence-electron chi connectivity index (χ1n) is 9.01. The zero-order valence-corrected chi connectivity index (χ0v) is 14.5. The molecule has 2 aliphatic carbocycles. The molecule has 144 valence electrons. The van der Waals surface area contributed by atoms with Crippen LogP contribution in [-0.4, -0.2) is 33.5 Å². The Morgan fingerprint density at radius 3 is 2.67 bits per heavy atom. The van der Waals surface area contributed by atoms with Crippen molar-refractivity contribution in [1.29, 1.82) is 0 Å². The van der Waals surface area contributed by atoms with Gasteiger partial charge in [0.05, 0.1) is 16.9 Å². The van der Waals surface area contributed by atoms with Crippen molar-refractivity contribution in [1.82, 2.24) is 20.3 Å². The van der Waals surface area contributed by atoms with Gasteiger partial charge in [0.15, 0.2) is 5.69 Å². The summed E-state index contributed by atoms with van der Waals surface area (Å²) in [5.74, 6) is 0.146. The molecule has 2 aromatic rings. The lowest BCUT2D eigenvalue weighted by Crippen LogP contribution is -2.39. The molecule has 1 aromatic carbocycles. The van der Waals surface area contributed by atoms with Gasteiger partial charge in [-0.2, -0.15) is 13.2 Å². The van der Waals surface area contributed by atoms with Crippen molar-refractivity contribution in [2.24, 2.45) is 11.7 Å². The highest BCUT2D eigenvalue weighted by molar-refractivity contribution is 5.93. The molecule has 0 saturated heterocycles. The summed E-state index contributed by atoms with van der Waals surface area (Å²) in [7, 11) is 0. The lowest BCUT2D eigenvalue weighted by molar-refractivity contribution is -0.137. The first-order chi connectivity index (χ1) is 12.8. The Hall–Kier alpha value is -2.42. The van der Waals surface area contributed by atoms with Gasteiger partial charge in [-0.15, -0.1) is 5.10 Å². The molecule has 1 unspecified atom stereocenters. The molecule has 27 heavy (non-hydrogen) atoms. The highest BCUT2D eigenvalue weighted by Crippen LogP contribution is 2.42. The van der Waals surface area contributed by atoms with E-state index in [4.69, 9.17) is 5.73 Å². The van der Waals surface area contributed by atoms with Crippen LogP contribution in [0, 0.1) is 5.92 Å². The number of nitrogens with two attached hydrogens (primary N) is 1. The number of amides is 1. The smallest absolute Gasteiger partial charge is 0.349 e. The lowest BCUT2D eigenvalue weighted by atomic mass is 10.1. The molecule has 0 spiro atoms. The van der Waals surface area contributed by atoms with E-state index in [-0.39, 0.29) is 29.2 Å². The topological polar surface area (TPSA) is 85.8 Å². The zero-order chi connectivity index (χ0) is 19.2. The molecular weight excluding hydrogens is 359 g/mol. The number of hydrogen-bond acceptors (Lipinski definition) is 4. The van der Waals surface area contributed by atoms with Gasteiger partial charge in [0.2, 0.25) is 0 Å². The van der Waals surface area contributed by atoms with Gasteiger partial charge < -0.3 is 11.1 Å². The molecule has 2 aliphatic rings. The van der Waals surface area contributed by atoms with E-state index < -0.39 is 11.7 Å². The second-order valence-corrected chi connectivity index (χ2v) is 7.27. The number of halogens is 3. The number of nitrogens with one attached hydrogen (secondary N) is 1. The third-order valence-electron chi connectivity index (χ3n) is 5.03. The second kappa shape index (κ2) is 6.63. The molecule has 3 N–H and O–H groups in total. The van der Waals surface area contributed by atoms with E-state index in [1.165, 1.54) is 16.8 Å². The van der Waals surface area contributed by atoms with E-state index in [1.54, 1.807) is 0 Å². The van der Waals surface area contributed by atoms with E-state index in [1.807, 2.05) is 0 Å². The van der Waals surface area contributed by atoms with Crippen LogP contribution in [0.15, 0.2) is 24.3 Å². The van der Waals surface area contributed by atoms with Crippen LogP contribution in [0.3, 0.4) is 0 Å². The monoisotopic (exact) mass is 379 g/mol. The summed E-state index contributed by atoms with van der Waals surface area (Å²) >= 11 is 0. The number of aromatic nitrogens is 3. The first-order valence-corrected chi connectivity index (χ1v) is 9.01. The Morgan fingerprint density at radius 1 is 1.30 bits per heavy atom. The molecule has 9 heteroatoms. The minimum Gasteiger partial charge on any atom is -0.349 e. The fourth-order valence-electron chi connectivity index (χ4n) is 3.16. The summed E-state index contributed by atoms with van der Waals surface area (Å²) in [6, 6.07) is 4.79. The summed E-state index contributed by atoms with van der Waals surface area (Å²) in [5, 5.41) is 10.7. The van der Waals surface area contributed by atoms with Crippen LogP contribution < -0.4 is 11.1 Å². The molecule has 1 aromatic heterocycles. The van der Waals surface area contributed by atoms with Crippen molar-refractivity contribution in [3.05, 3.63) is 41.2 Å². The summed E-state index contributed by atoms with van der Waals surface area (Å²) in [5.41, 5.74) is 6.21. The molecular formula is C18H20F3N5O. The molecule has 1 amide bonds. The van der Waals surface area contributed by atoms with Crippen LogP contribution in [0.4, 0.5) is 13.2 Å². The third-order valence-corrected chi connectivity index (χ3v) is 5.03. The van der Waals surface area contributed by atoms with Crippen molar-refractivity contribution in [2.75, 3.05) is 6.54 Å². The third kappa shape index (κ3) is 3.83. The van der Waals surface area contributed by atoms with E-state index in [0.717, 1.165) is 37.8 Å². The van der Waals surface area contributed by atoms with Crippen LogP contribution in [0.25, 0.3) is 5.69 Å². The maximum atomic E-state index is 13.0. The molecule has 2 saturated carbocycles. The van der Waals surface area contributed by atoms with E-state index in [2.05, 4.69) is 15.6 Å². The zero-order valence-electron chi connectivity index (χ0n) is 14.5. The Balaban J connectivity index is 1.60. The van der Waals surface area contributed by atoms with Gasteiger partial charge in [-0.3, -0.25) is 4.79 Å². The van der Waals surface area contributed by atoms with Gasteiger partial charge in [0.25, 0.3) is 5.91 Å². The predicted octanol–water partition coefficient (Wildman–Crippen LogP) is 2.63. The largest absolute Gasteiger partial charge is 0.416 e. The predicted molar refractivity (Wildman–Crippen MR) is 91.4 cm³/mol. The van der Waals surface area contributed by atoms with Crippen LogP contribution >= 0.6 is 0 Å². The standard InChI is InChI=1S/C18H20F3N5O/c19-18(20,21)12-2-1-3-13(8-12)26-16(11-6-7-11)15(24-25-26)17(27)23-9-14(22)10-4-5-10/h1-3,8,10-11,14H,4-7,9,22H2,(H,23,27).